The van der Waals surface area contributed by atoms with Crippen molar-refractivity contribution in [1.82, 2.24) is 5.32 Å². The molecule has 1 aromatic heterocycles. The van der Waals surface area contributed by atoms with Crippen molar-refractivity contribution in [2.45, 2.75) is 37.5 Å². The van der Waals surface area contributed by atoms with E-state index in [1.807, 2.05) is 51.1 Å². The summed E-state index contributed by atoms with van der Waals surface area (Å²) < 4.78 is 0. The number of thioether (sulfide) groups is 1. The second-order valence-corrected chi connectivity index (χ2v) is 8.51. The highest BCUT2D eigenvalue weighted by atomic mass is 32.2. The van der Waals surface area contributed by atoms with Gasteiger partial charge in [-0.05, 0) is 29.0 Å². The van der Waals surface area contributed by atoms with E-state index in [-0.39, 0.29) is 17.9 Å². The number of thiophene rings is 1. The van der Waals surface area contributed by atoms with Crippen molar-refractivity contribution in [3.8, 4) is 0 Å². The predicted octanol–water partition coefficient (Wildman–Crippen LogP) is 4.18. The third kappa shape index (κ3) is 5.37. The van der Waals surface area contributed by atoms with Gasteiger partial charge in [0, 0.05) is 22.1 Å². The fraction of sp³-hybridized carbons (Fsp3) is 0.389. The van der Waals surface area contributed by atoms with E-state index in [1.165, 1.54) is 4.88 Å². The average Bonchev–Trinajstić information content (AvgIpc) is 3.03. The lowest BCUT2D eigenvalue weighted by Gasteiger charge is -2.26. The van der Waals surface area contributed by atoms with Crippen LogP contribution >= 0.6 is 23.1 Å². The highest BCUT2D eigenvalue weighted by molar-refractivity contribution is 7.98. The molecule has 0 aliphatic heterocycles. The number of benzene rings is 1. The van der Waals surface area contributed by atoms with Gasteiger partial charge in [0.1, 0.15) is 0 Å². The summed E-state index contributed by atoms with van der Waals surface area (Å²) in [5.74, 6) is 0.717. The number of rotatable bonds is 6. The van der Waals surface area contributed by atoms with E-state index in [0.717, 1.165) is 10.6 Å². The van der Waals surface area contributed by atoms with Gasteiger partial charge in [-0.15, -0.1) is 23.1 Å². The first-order valence-corrected chi connectivity index (χ1v) is 9.45. The molecule has 1 unspecified atom stereocenters. The number of hydrogen-bond acceptors (Lipinski definition) is 4. The van der Waals surface area contributed by atoms with Gasteiger partial charge in [0.15, 0.2) is 0 Å². The first kappa shape index (κ1) is 18.0. The van der Waals surface area contributed by atoms with Crippen LogP contribution in [-0.2, 0) is 5.75 Å². The molecular weight excluding hydrogens is 326 g/mol. The minimum Gasteiger partial charge on any atom is -0.391 e. The summed E-state index contributed by atoms with van der Waals surface area (Å²) in [5, 5.41) is 15.0. The normalized spacial score (nSPS) is 12.9. The fourth-order valence-corrected chi connectivity index (χ4v) is 3.74. The van der Waals surface area contributed by atoms with Crippen molar-refractivity contribution in [1.29, 1.82) is 0 Å². The van der Waals surface area contributed by atoms with E-state index >= 15 is 0 Å². The largest absolute Gasteiger partial charge is 0.391 e. The number of nitrogens with one attached hydrogen (secondary N) is 1. The quantitative estimate of drug-likeness (QED) is 0.769. The van der Waals surface area contributed by atoms with Crippen LogP contribution in [0.5, 0.6) is 0 Å². The first-order chi connectivity index (χ1) is 10.9. The minimum atomic E-state index is -0.572. The molecule has 1 amide bonds. The molecule has 2 aromatic rings. The van der Waals surface area contributed by atoms with Gasteiger partial charge in [-0.2, -0.15) is 0 Å². The van der Waals surface area contributed by atoms with E-state index in [9.17, 15) is 9.90 Å². The Morgan fingerprint density at radius 2 is 2.00 bits per heavy atom. The van der Waals surface area contributed by atoms with Gasteiger partial charge in [-0.1, -0.05) is 39.0 Å². The van der Waals surface area contributed by atoms with Crippen LogP contribution in [0.2, 0.25) is 0 Å². The topological polar surface area (TPSA) is 49.3 Å². The summed E-state index contributed by atoms with van der Waals surface area (Å²) in [6, 6.07) is 11.7. The highest BCUT2D eigenvalue weighted by Gasteiger charge is 2.23. The van der Waals surface area contributed by atoms with Crippen LogP contribution in [0.15, 0.2) is 46.7 Å². The number of aliphatic hydroxyl groups is 1. The molecule has 0 radical (unpaired) electrons. The maximum atomic E-state index is 12.4. The Kier molecular flexibility index (Phi) is 6.27. The molecule has 0 spiro atoms. The lowest BCUT2D eigenvalue weighted by atomic mass is 9.89. The molecule has 0 saturated heterocycles. The SMILES string of the molecule is CC(C)(C)C(O)CNC(=O)c1ccccc1SCc1cccs1. The van der Waals surface area contributed by atoms with Crippen LogP contribution < -0.4 is 5.32 Å². The van der Waals surface area contributed by atoms with Crippen molar-refractivity contribution in [2.24, 2.45) is 5.41 Å². The van der Waals surface area contributed by atoms with Gasteiger partial charge in [0.25, 0.3) is 5.91 Å². The van der Waals surface area contributed by atoms with Crippen molar-refractivity contribution < 1.29 is 9.90 Å². The number of amides is 1. The Bertz CT molecular complexity index is 633. The van der Waals surface area contributed by atoms with E-state index < -0.39 is 6.10 Å². The number of carbonyl (C=O) groups is 1. The molecule has 2 N–H and O–H groups in total. The predicted molar refractivity (Wildman–Crippen MR) is 98.1 cm³/mol. The zero-order valence-electron chi connectivity index (χ0n) is 13.7. The number of aliphatic hydroxyl groups excluding tert-OH is 1. The van der Waals surface area contributed by atoms with Gasteiger partial charge in [-0.25, -0.2) is 0 Å². The Morgan fingerprint density at radius 3 is 2.65 bits per heavy atom. The lowest BCUT2D eigenvalue weighted by Crippen LogP contribution is -2.39. The monoisotopic (exact) mass is 349 g/mol. The number of carbonyl (C=O) groups excluding carboxylic acids is 1. The zero-order valence-corrected chi connectivity index (χ0v) is 15.3. The summed E-state index contributed by atoms with van der Waals surface area (Å²) in [6.07, 6.45) is -0.572. The molecule has 1 aromatic carbocycles. The average molecular weight is 350 g/mol. The summed E-state index contributed by atoms with van der Waals surface area (Å²) >= 11 is 3.38. The van der Waals surface area contributed by atoms with Gasteiger partial charge in [0.2, 0.25) is 0 Å². The molecule has 124 valence electrons. The summed E-state index contributed by atoms with van der Waals surface area (Å²) in [5.41, 5.74) is 0.413. The second-order valence-electron chi connectivity index (χ2n) is 6.46. The molecule has 5 heteroatoms. The first-order valence-electron chi connectivity index (χ1n) is 7.58. The third-order valence-electron chi connectivity index (χ3n) is 3.54. The zero-order chi connectivity index (χ0) is 16.9. The van der Waals surface area contributed by atoms with E-state index in [1.54, 1.807) is 23.1 Å². The molecule has 2 rings (SSSR count). The molecule has 0 bridgehead atoms. The second kappa shape index (κ2) is 7.99. The van der Waals surface area contributed by atoms with E-state index in [0.29, 0.717) is 5.56 Å². The molecular formula is C18H23NO2S2. The Labute approximate surface area is 146 Å². The molecule has 3 nitrogen and oxygen atoms in total. The minimum absolute atomic E-state index is 0.137. The molecule has 0 aliphatic carbocycles. The van der Waals surface area contributed by atoms with Gasteiger partial charge in [-0.3, -0.25) is 4.79 Å². The standard InChI is InChI=1S/C18H23NO2S2/c1-18(2,3)16(20)11-19-17(21)14-8-4-5-9-15(14)23-12-13-7-6-10-22-13/h4-10,16,20H,11-12H2,1-3H3,(H,19,21). The van der Waals surface area contributed by atoms with Crippen molar-refractivity contribution >= 4 is 29.0 Å². The van der Waals surface area contributed by atoms with Gasteiger partial charge in [0.05, 0.1) is 11.7 Å². The summed E-state index contributed by atoms with van der Waals surface area (Å²) in [4.78, 5) is 14.7. The molecule has 0 fully saturated rings. The van der Waals surface area contributed by atoms with Crippen molar-refractivity contribution in [3.05, 3.63) is 52.2 Å². The van der Waals surface area contributed by atoms with Crippen molar-refractivity contribution in [3.63, 3.8) is 0 Å². The highest BCUT2D eigenvalue weighted by Crippen LogP contribution is 2.28. The Balaban J connectivity index is 2.00. The van der Waals surface area contributed by atoms with Crippen LogP contribution in [0.4, 0.5) is 0 Å². The molecule has 0 saturated carbocycles. The van der Waals surface area contributed by atoms with Crippen LogP contribution in [0.3, 0.4) is 0 Å². The molecule has 0 aliphatic rings. The van der Waals surface area contributed by atoms with Crippen LogP contribution in [0.25, 0.3) is 0 Å². The molecule has 1 atom stereocenters. The van der Waals surface area contributed by atoms with Crippen LogP contribution in [0, 0.1) is 5.41 Å². The lowest BCUT2D eigenvalue weighted by molar-refractivity contribution is 0.0586. The fourth-order valence-electron chi connectivity index (χ4n) is 1.91. The van der Waals surface area contributed by atoms with Gasteiger partial charge < -0.3 is 10.4 Å². The van der Waals surface area contributed by atoms with Crippen LogP contribution in [-0.4, -0.2) is 23.7 Å². The van der Waals surface area contributed by atoms with E-state index in [2.05, 4.69) is 16.8 Å². The number of hydrogen-bond donors (Lipinski definition) is 2. The molecule has 1 heterocycles. The summed E-state index contributed by atoms with van der Waals surface area (Å²) in [7, 11) is 0. The smallest absolute Gasteiger partial charge is 0.252 e. The van der Waals surface area contributed by atoms with Crippen molar-refractivity contribution in [2.75, 3.05) is 6.54 Å². The summed E-state index contributed by atoms with van der Waals surface area (Å²) in [6.45, 7) is 6.12. The maximum absolute atomic E-state index is 12.4. The van der Waals surface area contributed by atoms with E-state index in [4.69, 9.17) is 0 Å². The maximum Gasteiger partial charge on any atom is 0.252 e. The third-order valence-corrected chi connectivity index (χ3v) is 5.72. The van der Waals surface area contributed by atoms with Crippen LogP contribution in [0.1, 0.15) is 36.0 Å². The Morgan fingerprint density at radius 1 is 1.26 bits per heavy atom. The molecule has 23 heavy (non-hydrogen) atoms. The Hall–Kier alpha value is -1.30. The van der Waals surface area contributed by atoms with Gasteiger partial charge >= 0.3 is 0 Å².